The van der Waals surface area contributed by atoms with E-state index in [9.17, 15) is 0 Å². The fourth-order valence-electron chi connectivity index (χ4n) is 1.81. The fourth-order valence-corrected chi connectivity index (χ4v) is 2.09. The monoisotopic (exact) mass is 268 g/mol. The van der Waals surface area contributed by atoms with E-state index in [1.54, 1.807) is 0 Å². The molecule has 0 amide bonds. The molecule has 0 bridgehead atoms. The average molecular weight is 269 g/mol. The molecule has 1 heterocycles. The van der Waals surface area contributed by atoms with Crippen molar-refractivity contribution in [2.75, 3.05) is 26.4 Å². The Bertz CT molecular complexity index is 499. The van der Waals surface area contributed by atoms with Crippen LogP contribution >= 0.6 is 11.6 Å². The molecule has 0 unspecified atom stereocenters. The summed E-state index contributed by atoms with van der Waals surface area (Å²) in [5.74, 6) is 0. The van der Waals surface area contributed by atoms with E-state index in [2.05, 4.69) is 10.3 Å². The third-order valence-electron chi connectivity index (χ3n) is 2.67. The second kappa shape index (κ2) is 6.75. The van der Waals surface area contributed by atoms with Gasteiger partial charge in [-0.3, -0.25) is 0 Å². The van der Waals surface area contributed by atoms with E-state index in [-0.39, 0.29) is 6.61 Å². The molecule has 2 aromatic rings. The molecule has 1 aromatic heterocycles. The average Bonchev–Trinajstić information content (AvgIpc) is 2.71. The Morgan fingerprint density at radius 2 is 2.11 bits per heavy atom. The minimum atomic E-state index is 0.0633. The van der Waals surface area contributed by atoms with E-state index >= 15 is 0 Å². The van der Waals surface area contributed by atoms with Crippen LogP contribution in [0, 0.1) is 0 Å². The van der Waals surface area contributed by atoms with Crippen molar-refractivity contribution < 1.29 is 9.84 Å². The van der Waals surface area contributed by atoms with Gasteiger partial charge in [0.15, 0.2) is 0 Å². The molecule has 0 spiro atoms. The Balaban J connectivity index is 1.86. The summed E-state index contributed by atoms with van der Waals surface area (Å²) in [6, 6.07) is 7.97. The highest BCUT2D eigenvalue weighted by atomic mass is 35.5. The summed E-state index contributed by atoms with van der Waals surface area (Å²) in [6.07, 6.45) is 0. The molecular formula is C13H17ClN2O2. The molecule has 0 radical (unpaired) electrons. The summed E-state index contributed by atoms with van der Waals surface area (Å²) in [5.41, 5.74) is 2.04. The summed E-state index contributed by atoms with van der Waals surface area (Å²) in [4.78, 5) is 3.29. The molecule has 0 aliphatic heterocycles. The largest absolute Gasteiger partial charge is 0.394 e. The Kier molecular flexibility index (Phi) is 5.01. The van der Waals surface area contributed by atoms with Gasteiger partial charge in [0.2, 0.25) is 0 Å². The highest BCUT2D eigenvalue weighted by Gasteiger charge is 2.07. The maximum absolute atomic E-state index is 8.55. The summed E-state index contributed by atoms with van der Waals surface area (Å²) < 4.78 is 5.15. The van der Waals surface area contributed by atoms with Gasteiger partial charge in [-0.15, -0.1) is 0 Å². The van der Waals surface area contributed by atoms with E-state index in [4.69, 9.17) is 21.4 Å². The first-order valence-electron chi connectivity index (χ1n) is 5.97. The van der Waals surface area contributed by atoms with Gasteiger partial charge >= 0.3 is 0 Å². The van der Waals surface area contributed by atoms with Crippen molar-refractivity contribution in [2.24, 2.45) is 0 Å². The minimum Gasteiger partial charge on any atom is -0.394 e. The molecule has 0 aliphatic carbocycles. The number of hydrogen-bond acceptors (Lipinski definition) is 3. The molecule has 98 valence electrons. The van der Waals surface area contributed by atoms with Gasteiger partial charge in [-0.05, 0) is 6.07 Å². The molecule has 1 aromatic carbocycles. The predicted octanol–water partition coefficient (Wildman–Crippen LogP) is 1.92. The standard InChI is InChI=1S/C13H17ClN2O2/c14-13-10-3-1-2-4-11(10)16-12(13)9-15-5-7-18-8-6-17/h1-4,15-17H,5-9H2. The number of aliphatic hydroxyl groups excluding tert-OH is 1. The van der Waals surface area contributed by atoms with Crippen LogP contribution in [-0.2, 0) is 11.3 Å². The Morgan fingerprint density at radius 1 is 1.28 bits per heavy atom. The van der Waals surface area contributed by atoms with Crippen LogP contribution in [0.4, 0.5) is 0 Å². The first kappa shape index (κ1) is 13.4. The molecule has 3 N–H and O–H groups in total. The quantitative estimate of drug-likeness (QED) is 0.673. The van der Waals surface area contributed by atoms with Crippen LogP contribution in [0.2, 0.25) is 5.02 Å². The molecule has 0 saturated heterocycles. The molecule has 18 heavy (non-hydrogen) atoms. The lowest BCUT2D eigenvalue weighted by Gasteiger charge is -2.04. The zero-order valence-electron chi connectivity index (χ0n) is 10.1. The van der Waals surface area contributed by atoms with Gasteiger partial charge in [0, 0.05) is 29.7 Å². The number of nitrogens with one attached hydrogen (secondary N) is 2. The maximum Gasteiger partial charge on any atom is 0.0705 e. The van der Waals surface area contributed by atoms with Crippen LogP contribution in [0.1, 0.15) is 5.69 Å². The number of rotatable bonds is 7. The fraction of sp³-hybridized carbons (Fsp3) is 0.385. The summed E-state index contributed by atoms with van der Waals surface area (Å²) in [7, 11) is 0. The number of hydrogen-bond donors (Lipinski definition) is 3. The first-order valence-corrected chi connectivity index (χ1v) is 6.35. The van der Waals surface area contributed by atoms with Gasteiger partial charge in [-0.25, -0.2) is 0 Å². The summed E-state index contributed by atoms with van der Waals surface area (Å²) >= 11 is 6.28. The number of aromatic nitrogens is 1. The van der Waals surface area contributed by atoms with Crippen LogP contribution in [0.25, 0.3) is 10.9 Å². The van der Waals surface area contributed by atoms with E-state index in [0.29, 0.717) is 19.8 Å². The first-order chi connectivity index (χ1) is 8.83. The molecule has 2 rings (SSSR count). The maximum atomic E-state index is 8.55. The van der Waals surface area contributed by atoms with Crippen molar-refractivity contribution >= 4 is 22.5 Å². The van der Waals surface area contributed by atoms with Crippen molar-refractivity contribution in [2.45, 2.75) is 6.54 Å². The SMILES string of the molecule is OCCOCCNCc1[nH]c2ccccc2c1Cl. The normalized spacial score (nSPS) is 11.2. The molecule has 0 atom stereocenters. The molecular weight excluding hydrogens is 252 g/mol. The van der Waals surface area contributed by atoms with Crippen LogP contribution in [0.5, 0.6) is 0 Å². The molecule has 0 aliphatic rings. The summed E-state index contributed by atoms with van der Waals surface area (Å²) in [5, 5.41) is 13.6. The van der Waals surface area contributed by atoms with Crippen LogP contribution < -0.4 is 5.32 Å². The number of ether oxygens (including phenoxy) is 1. The van der Waals surface area contributed by atoms with Gasteiger partial charge < -0.3 is 20.1 Å². The zero-order chi connectivity index (χ0) is 12.8. The highest BCUT2D eigenvalue weighted by molar-refractivity contribution is 6.36. The van der Waals surface area contributed by atoms with Crippen LogP contribution in [0.3, 0.4) is 0 Å². The third-order valence-corrected chi connectivity index (χ3v) is 3.11. The predicted molar refractivity (Wildman–Crippen MR) is 72.9 cm³/mol. The van der Waals surface area contributed by atoms with Gasteiger partial charge in [-0.2, -0.15) is 0 Å². The van der Waals surface area contributed by atoms with Crippen molar-refractivity contribution in [1.29, 1.82) is 0 Å². The topological polar surface area (TPSA) is 57.3 Å². The van der Waals surface area contributed by atoms with Gasteiger partial charge in [0.05, 0.1) is 24.8 Å². The molecule has 4 nitrogen and oxygen atoms in total. The summed E-state index contributed by atoms with van der Waals surface area (Å²) in [6.45, 7) is 2.43. The number of para-hydroxylation sites is 1. The lowest BCUT2D eigenvalue weighted by atomic mass is 10.2. The number of benzene rings is 1. The Morgan fingerprint density at radius 3 is 2.89 bits per heavy atom. The van der Waals surface area contributed by atoms with Gasteiger partial charge in [0.1, 0.15) is 0 Å². The second-order valence-electron chi connectivity index (χ2n) is 3.98. The van der Waals surface area contributed by atoms with E-state index < -0.39 is 0 Å². The zero-order valence-corrected chi connectivity index (χ0v) is 10.8. The number of fused-ring (bicyclic) bond motifs is 1. The highest BCUT2D eigenvalue weighted by Crippen LogP contribution is 2.26. The van der Waals surface area contributed by atoms with E-state index in [1.807, 2.05) is 24.3 Å². The number of aromatic amines is 1. The van der Waals surface area contributed by atoms with Crippen molar-refractivity contribution in [3.05, 3.63) is 35.0 Å². The molecule has 0 saturated carbocycles. The molecule has 0 fully saturated rings. The van der Waals surface area contributed by atoms with Gasteiger partial charge in [0.25, 0.3) is 0 Å². The molecule has 5 heteroatoms. The van der Waals surface area contributed by atoms with Crippen LogP contribution in [0.15, 0.2) is 24.3 Å². The lowest BCUT2D eigenvalue weighted by Crippen LogP contribution is -2.20. The Labute approximate surface area is 111 Å². The third kappa shape index (κ3) is 3.23. The number of aliphatic hydroxyl groups is 1. The van der Waals surface area contributed by atoms with E-state index in [0.717, 1.165) is 28.2 Å². The smallest absolute Gasteiger partial charge is 0.0705 e. The van der Waals surface area contributed by atoms with Crippen molar-refractivity contribution in [3.8, 4) is 0 Å². The van der Waals surface area contributed by atoms with Crippen LogP contribution in [-0.4, -0.2) is 36.5 Å². The second-order valence-corrected chi connectivity index (χ2v) is 4.35. The Hall–Kier alpha value is -1.07. The van der Waals surface area contributed by atoms with Crippen molar-refractivity contribution in [1.82, 2.24) is 10.3 Å². The lowest BCUT2D eigenvalue weighted by molar-refractivity contribution is 0.0937. The number of halogens is 1. The van der Waals surface area contributed by atoms with Crippen molar-refractivity contribution in [3.63, 3.8) is 0 Å². The van der Waals surface area contributed by atoms with E-state index in [1.165, 1.54) is 0 Å². The minimum absolute atomic E-state index is 0.0633. The van der Waals surface area contributed by atoms with Gasteiger partial charge in [-0.1, -0.05) is 29.8 Å². The number of H-pyrrole nitrogens is 1.